The number of allylic oxidation sites excluding steroid dienone is 1. The molecule has 0 fully saturated rings. The number of carbonyl (C=O) groups excluding carboxylic acids is 1. The van der Waals surface area contributed by atoms with Gasteiger partial charge in [0.25, 0.3) is 0 Å². The highest BCUT2D eigenvalue weighted by molar-refractivity contribution is 7.99. The molecule has 0 heterocycles. The number of hydrogen-bond acceptors (Lipinski definition) is 3. The number of aliphatic hydroxyl groups excluding tert-OH is 1. The minimum Gasteiger partial charge on any atom is -0.395 e. The minimum atomic E-state index is -0.134. The molecule has 0 saturated carbocycles. The maximum absolute atomic E-state index is 11.7. The minimum absolute atomic E-state index is 0.0332. The average Bonchev–Trinajstić information content (AvgIpc) is 2.31. The van der Waals surface area contributed by atoms with Crippen molar-refractivity contribution < 1.29 is 9.90 Å². The van der Waals surface area contributed by atoms with Crippen LogP contribution in [0.3, 0.4) is 0 Å². The third-order valence-electron chi connectivity index (χ3n) is 3.00. The van der Waals surface area contributed by atoms with Crippen LogP contribution in [0, 0.1) is 0 Å². The van der Waals surface area contributed by atoms with E-state index in [1.54, 1.807) is 11.8 Å². The third kappa shape index (κ3) is 5.00. The predicted octanol–water partition coefficient (Wildman–Crippen LogP) is 1.51. The van der Waals surface area contributed by atoms with E-state index in [9.17, 15) is 4.79 Å². The van der Waals surface area contributed by atoms with E-state index in [0.29, 0.717) is 0 Å². The molecular formula is C12H22N2O2S. The first-order chi connectivity index (χ1) is 8.17. The van der Waals surface area contributed by atoms with Gasteiger partial charge < -0.3 is 15.7 Å². The molecule has 0 aliphatic heterocycles. The molecule has 1 aliphatic carbocycles. The van der Waals surface area contributed by atoms with Gasteiger partial charge in [0.15, 0.2) is 0 Å². The van der Waals surface area contributed by atoms with E-state index in [2.05, 4.69) is 22.8 Å². The van der Waals surface area contributed by atoms with Crippen LogP contribution in [0.25, 0.3) is 0 Å². The van der Waals surface area contributed by atoms with E-state index in [4.69, 9.17) is 5.11 Å². The average molecular weight is 258 g/mol. The molecule has 0 aromatic rings. The number of hydrogen-bond donors (Lipinski definition) is 3. The van der Waals surface area contributed by atoms with Crippen molar-refractivity contribution in [2.75, 3.05) is 12.9 Å². The molecule has 1 aliphatic rings. The second kappa shape index (κ2) is 7.61. The fraction of sp³-hybridized carbons (Fsp3) is 0.750. The molecule has 0 spiro atoms. The van der Waals surface area contributed by atoms with Gasteiger partial charge in [0.1, 0.15) is 0 Å². The highest BCUT2D eigenvalue weighted by atomic mass is 32.2. The van der Waals surface area contributed by atoms with E-state index in [1.165, 1.54) is 0 Å². The second-order valence-corrected chi connectivity index (χ2v) is 5.42. The Bertz CT molecular complexity index is 267. The zero-order valence-corrected chi connectivity index (χ0v) is 11.3. The van der Waals surface area contributed by atoms with Gasteiger partial charge >= 0.3 is 6.03 Å². The lowest BCUT2D eigenvalue weighted by Crippen LogP contribution is -2.49. The Morgan fingerprint density at radius 3 is 2.88 bits per heavy atom. The molecule has 4 nitrogen and oxygen atoms in total. The number of urea groups is 1. The first-order valence-corrected chi connectivity index (χ1v) is 7.31. The summed E-state index contributed by atoms with van der Waals surface area (Å²) < 4.78 is 0. The van der Waals surface area contributed by atoms with Crippen LogP contribution in [0.4, 0.5) is 4.79 Å². The van der Waals surface area contributed by atoms with Crippen LogP contribution in [0.15, 0.2) is 12.2 Å². The first-order valence-electron chi connectivity index (χ1n) is 6.03. The molecule has 3 unspecified atom stereocenters. The molecule has 0 aromatic heterocycles. The number of amides is 2. The van der Waals surface area contributed by atoms with Crippen molar-refractivity contribution in [3.8, 4) is 0 Å². The highest BCUT2D eigenvalue weighted by Gasteiger charge is 2.19. The van der Waals surface area contributed by atoms with Crippen LogP contribution < -0.4 is 10.6 Å². The first kappa shape index (κ1) is 14.4. The summed E-state index contributed by atoms with van der Waals surface area (Å²) in [4.78, 5) is 11.7. The molecule has 5 heteroatoms. The lowest BCUT2D eigenvalue weighted by atomic mass is 10.0. The Kier molecular flexibility index (Phi) is 6.44. The molecule has 3 atom stereocenters. The van der Waals surface area contributed by atoms with E-state index in [-0.39, 0.29) is 30.0 Å². The van der Waals surface area contributed by atoms with Crippen LogP contribution in [0.1, 0.15) is 26.2 Å². The molecular weight excluding hydrogens is 236 g/mol. The van der Waals surface area contributed by atoms with E-state index in [1.807, 2.05) is 13.2 Å². The maximum atomic E-state index is 11.7. The highest BCUT2D eigenvalue weighted by Crippen LogP contribution is 2.12. The van der Waals surface area contributed by atoms with Crippen LogP contribution in [-0.4, -0.2) is 41.3 Å². The van der Waals surface area contributed by atoms with Gasteiger partial charge in [-0.25, -0.2) is 4.79 Å². The summed E-state index contributed by atoms with van der Waals surface area (Å²) in [6.07, 6.45) is 9.13. The van der Waals surface area contributed by atoms with Gasteiger partial charge in [-0.15, -0.1) is 0 Å². The smallest absolute Gasteiger partial charge is 0.315 e. The second-order valence-electron chi connectivity index (χ2n) is 4.34. The van der Waals surface area contributed by atoms with Crippen LogP contribution >= 0.6 is 11.8 Å². The molecule has 98 valence electrons. The zero-order chi connectivity index (χ0) is 12.7. The Hall–Kier alpha value is -0.680. The number of aliphatic hydroxyl groups is 1. The summed E-state index contributed by atoms with van der Waals surface area (Å²) in [6, 6.07) is 0.0773. The summed E-state index contributed by atoms with van der Waals surface area (Å²) in [5.41, 5.74) is 0. The molecule has 0 aromatic carbocycles. The Morgan fingerprint density at radius 2 is 2.35 bits per heavy atom. The van der Waals surface area contributed by atoms with E-state index < -0.39 is 0 Å². The van der Waals surface area contributed by atoms with Crippen molar-refractivity contribution in [1.29, 1.82) is 0 Å². The summed E-state index contributed by atoms with van der Waals surface area (Å²) in [6.45, 7) is 1.99. The van der Waals surface area contributed by atoms with Gasteiger partial charge in [-0.1, -0.05) is 12.2 Å². The summed E-state index contributed by atoms with van der Waals surface area (Å²) in [5.74, 6) is 0. The van der Waals surface area contributed by atoms with Gasteiger partial charge in [0.2, 0.25) is 0 Å². The lowest BCUT2D eigenvalue weighted by molar-refractivity contribution is 0.228. The fourth-order valence-electron chi connectivity index (χ4n) is 1.89. The SMILES string of the molecule is CSC(CO)C(C)NC(=O)NC1CC=CCC1. The van der Waals surface area contributed by atoms with E-state index in [0.717, 1.165) is 19.3 Å². The molecule has 1 rings (SSSR count). The number of rotatable bonds is 5. The zero-order valence-electron chi connectivity index (χ0n) is 10.5. The summed E-state index contributed by atoms with van der Waals surface area (Å²) in [5, 5.41) is 15.0. The van der Waals surface area contributed by atoms with Crippen molar-refractivity contribution in [2.45, 2.75) is 43.5 Å². The van der Waals surface area contributed by atoms with Crippen molar-refractivity contribution in [2.24, 2.45) is 0 Å². The molecule has 17 heavy (non-hydrogen) atoms. The van der Waals surface area contributed by atoms with Crippen molar-refractivity contribution in [3.05, 3.63) is 12.2 Å². The molecule has 3 N–H and O–H groups in total. The van der Waals surface area contributed by atoms with E-state index >= 15 is 0 Å². The standard InChI is InChI=1S/C12H22N2O2S/c1-9(11(8-15)17-2)13-12(16)14-10-6-4-3-5-7-10/h3-4,9-11,15H,5-8H2,1-2H3,(H2,13,14,16). The summed E-state index contributed by atoms with van der Waals surface area (Å²) >= 11 is 1.56. The van der Waals surface area contributed by atoms with Crippen LogP contribution in [0.2, 0.25) is 0 Å². The lowest BCUT2D eigenvalue weighted by Gasteiger charge is -2.24. The van der Waals surface area contributed by atoms with Crippen molar-refractivity contribution in [3.63, 3.8) is 0 Å². The molecule has 0 saturated heterocycles. The quantitative estimate of drug-likeness (QED) is 0.655. The maximum Gasteiger partial charge on any atom is 0.315 e. The third-order valence-corrected chi connectivity index (χ3v) is 4.17. The topological polar surface area (TPSA) is 61.4 Å². The Morgan fingerprint density at radius 1 is 1.59 bits per heavy atom. The van der Waals surface area contributed by atoms with Gasteiger partial charge in [-0.05, 0) is 32.4 Å². The molecule has 0 radical (unpaired) electrons. The van der Waals surface area contributed by atoms with Crippen molar-refractivity contribution >= 4 is 17.8 Å². The Balaban J connectivity index is 2.30. The number of thioether (sulfide) groups is 1. The number of carbonyl (C=O) groups is 1. The van der Waals surface area contributed by atoms with Gasteiger partial charge in [0, 0.05) is 17.3 Å². The van der Waals surface area contributed by atoms with Crippen molar-refractivity contribution in [1.82, 2.24) is 10.6 Å². The van der Waals surface area contributed by atoms with Gasteiger partial charge in [-0.3, -0.25) is 0 Å². The predicted molar refractivity (Wildman–Crippen MR) is 72.3 cm³/mol. The Labute approximate surface area is 107 Å². The number of nitrogens with one attached hydrogen (secondary N) is 2. The summed E-state index contributed by atoms with van der Waals surface area (Å²) in [7, 11) is 0. The molecule has 2 amide bonds. The van der Waals surface area contributed by atoms with Gasteiger partial charge in [-0.2, -0.15) is 11.8 Å². The molecule has 0 bridgehead atoms. The monoisotopic (exact) mass is 258 g/mol. The fourth-order valence-corrected chi connectivity index (χ4v) is 2.51. The normalized spacial score (nSPS) is 22.9. The van der Waals surface area contributed by atoms with Crippen LogP contribution in [0.5, 0.6) is 0 Å². The largest absolute Gasteiger partial charge is 0.395 e. The van der Waals surface area contributed by atoms with Crippen LogP contribution in [-0.2, 0) is 0 Å². The van der Waals surface area contributed by atoms with Gasteiger partial charge in [0.05, 0.1) is 6.61 Å².